The highest BCUT2D eigenvalue weighted by atomic mass is 31.0. The van der Waals surface area contributed by atoms with Crippen molar-refractivity contribution in [3.63, 3.8) is 0 Å². The number of fused-ring (bicyclic) bond motifs is 10. The van der Waals surface area contributed by atoms with Gasteiger partial charge in [0.25, 0.3) is 0 Å². The normalized spacial score (nSPS) is 51.0. The molecule has 11 aliphatic rings. The summed E-state index contributed by atoms with van der Waals surface area (Å²) in [5.41, 5.74) is -0.574. The smallest absolute Gasteiger partial charge is 0.133 e. The van der Waals surface area contributed by atoms with Crippen LogP contribution < -0.4 is 5.32 Å². The molecular formula is C43H76NO5P. The molecular weight excluding hydrogens is 641 g/mol. The molecule has 8 saturated carbocycles. The number of aliphatic hydroxyl groups is 3. The minimum Gasteiger partial charge on any atom is -0.390 e. The number of epoxide rings is 1. The lowest BCUT2D eigenvalue weighted by atomic mass is 9.79. The summed E-state index contributed by atoms with van der Waals surface area (Å²) < 4.78 is 5.52. The summed E-state index contributed by atoms with van der Waals surface area (Å²) in [4.78, 5) is 10.9. The van der Waals surface area contributed by atoms with E-state index in [0.29, 0.717) is 23.5 Å². The van der Waals surface area contributed by atoms with Crippen LogP contribution in [0, 0.1) is 47.3 Å². The first-order chi connectivity index (χ1) is 23.2. The first-order valence-corrected chi connectivity index (χ1v) is 21.3. The molecule has 0 aromatic heterocycles. The Morgan fingerprint density at radius 1 is 0.500 bits per heavy atom. The Morgan fingerprint density at radius 2 is 0.800 bits per heavy atom. The molecule has 6 nitrogen and oxygen atoms in total. The molecule has 3 saturated heterocycles. The van der Waals surface area contributed by atoms with Crippen LogP contribution in [-0.4, -0.2) is 62.2 Å². The highest BCUT2D eigenvalue weighted by Crippen LogP contribution is 2.53. The molecule has 11 fully saturated rings. The number of carbonyl (C=O) groups is 1. The van der Waals surface area contributed by atoms with E-state index < -0.39 is 0 Å². The first-order valence-electron chi connectivity index (χ1n) is 21.3. The van der Waals surface area contributed by atoms with Gasteiger partial charge in [0.2, 0.25) is 0 Å². The average Bonchev–Trinajstić information content (AvgIpc) is 3.42. The van der Waals surface area contributed by atoms with Gasteiger partial charge in [0.1, 0.15) is 5.78 Å². The predicted octanol–water partition coefficient (Wildman–Crippen LogP) is 8.34. The number of carbonyl (C=O) groups excluding carboxylic acids is 1. The molecule has 3 aliphatic heterocycles. The summed E-state index contributed by atoms with van der Waals surface area (Å²) in [6, 6.07) is 1.21. The Morgan fingerprint density at radius 3 is 1.16 bits per heavy atom. The minimum absolute atomic E-state index is 0. The number of hydrogen-bond acceptors (Lipinski definition) is 6. The lowest BCUT2D eigenvalue weighted by molar-refractivity contribution is -0.121. The number of ether oxygens (including phenoxy) is 1. The maximum Gasteiger partial charge on any atom is 0.133 e. The van der Waals surface area contributed by atoms with Crippen LogP contribution in [-0.2, 0) is 9.53 Å². The molecule has 0 aromatic carbocycles. The zero-order valence-electron chi connectivity index (χ0n) is 32.3. The third-order valence-corrected chi connectivity index (χ3v) is 15.1. The van der Waals surface area contributed by atoms with E-state index in [-0.39, 0.29) is 26.7 Å². The summed E-state index contributed by atoms with van der Waals surface area (Å²) >= 11 is 0. The topological polar surface area (TPSA) is 102 Å². The van der Waals surface area contributed by atoms with Gasteiger partial charge in [-0.25, -0.2) is 0 Å². The van der Waals surface area contributed by atoms with Crippen LogP contribution in [0.15, 0.2) is 0 Å². The van der Waals surface area contributed by atoms with Crippen LogP contribution in [0.5, 0.6) is 0 Å². The van der Waals surface area contributed by atoms with Crippen molar-refractivity contribution >= 4 is 15.7 Å². The molecule has 7 heteroatoms. The van der Waals surface area contributed by atoms with Gasteiger partial charge in [0.15, 0.2) is 0 Å². The molecule has 11 rings (SSSR count). The lowest BCUT2D eigenvalue weighted by Gasteiger charge is -2.33. The zero-order valence-corrected chi connectivity index (χ0v) is 33.7. The average molecular weight is 718 g/mol. The van der Waals surface area contributed by atoms with Crippen LogP contribution >= 0.6 is 9.90 Å². The first kappa shape index (κ1) is 39.6. The maximum atomic E-state index is 10.9. The summed E-state index contributed by atoms with van der Waals surface area (Å²) in [6.07, 6.45) is 30.1. The molecule has 50 heavy (non-hydrogen) atoms. The van der Waals surface area contributed by atoms with Gasteiger partial charge in [-0.15, -0.1) is 0 Å². The molecule has 4 N–H and O–H groups in total. The molecule has 0 radical (unpaired) electrons. The Kier molecular flexibility index (Phi) is 12.6. The predicted molar refractivity (Wildman–Crippen MR) is 206 cm³/mol. The molecule has 0 amide bonds. The number of Topliss-reactive ketones (excluding diaryl/α,β-unsaturated/α-hetero) is 1. The Bertz CT molecular complexity index is 947. The van der Waals surface area contributed by atoms with Crippen LogP contribution in [0.4, 0.5) is 0 Å². The van der Waals surface area contributed by atoms with Gasteiger partial charge in [0, 0.05) is 24.9 Å². The van der Waals surface area contributed by atoms with E-state index in [2.05, 4.69) is 5.32 Å². The SMILES string of the molecule is C1CC2CC1CC1(CO1)C2.CC1(O)CC2CCC(C1)N2.CC1(O)CC2CCC(C2)C1.CC1(O)CC2CCC(C2)C1.O=C1CC2CCC(C1)C2.P. The Hall–Kier alpha value is -0.100. The van der Waals surface area contributed by atoms with Gasteiger partial charge in [-0.05, 0) is 171 Å². The summed E-state index contributed by atoms with van der Waals surface area (Å²) in [6.45, 7) is 7.04. The molecule has 10 bridgehead atoms. The summed E-state index contributed by atoms with van der Waals surface area (Å²) in [7, 11) is 0. The lowest BCUT2D eigenvalue weighted by Crippen LogP contribution is -2.46. The van der Waals surface area contributed by atoms with Crippen molar-refractivity contribution in [3.05, 3.63) is 0 Å². The van der Waals surface area contributed by atoms with Crippen molar-refractivity contribution in [2.75, 3.05) is 6.61 Å². The van der Waals surface area contributed by atoms with Crippen LogP contribution in [0.3, 0.4) is 0 Å². The third kappa shape index (κ3) is 11.0. The highest BCUT2D eigenvalue weighted by molar-refractivity contribution is 6.92. The number of rotatable bonds is 0. The molecule has 11 atom stereocenters. The third-order valence-electron chi connectivity index (χ3n) is 15.1. The number of hydrogen-bond donors (Lipinski definition) is 4. The van der Waals surface area contributed by atoms with E-state index in [0.717, 1.165) is 105 Å². The molecule has 11 unspecified atom stereocenters. The second-order valence-corrected chi connectivity index (χ2v) is 20.9. The van der Waals surface area contributed by atoms with E-state index in [1.807, 2.05) is 20.8 Å². The molecule has 288 valence electrons. The van der Waals surface area contributed by atoms with Crippen molar-refractivity contribution < 1.29 is 24.9 Å². The number of ketones is 1. The van der Waals surface area contributed by atoms with Gasteiger partial charge in [-0.1, -0.05) is 38.5 Å². The fourth-order valence-corrected chi connectivity index (χ4v) is 13.4. The maximum absolute atomic E-state index is 10.9. The molecule has 1 spiro atoms. The van der Waals surface area contributed by atoms with Crippen LogP contribution in [0.2, 0.25) is 0 Å². The fourth-order valence-electron chi connectivity index (χ4n) is 13.4. The summed E-state index contributed by atoms with van der Waals surface area (Å²) in [5, 5.41) is 32.7. The second-order valence-electron chi connectivity index (χ2n) is 20.9. The Balaban J connectivity index is 0.000000108. The summed E-state index contributed by atoms with van der Waals surface area (Å²) in [5.74, 6) is 7.61. The van der Waals surface area contributed by atoms with Gasteiger partial charge in [-0.2, -0.15) is 9.90 Å². The van der Waals surface area contributed by atoms with E-state index in [1.165, 1.54) is 103 Å². The molecule has 3 heterocycles. The fraction of sp³-hybridized carbons (Fsp3) is 0.977. The monoisotopic (exact) mass is 718 g/mol. The van der Waals surface area contributed by atoms with Gasteiger partial charge in [-0.3, -0.25) is 4.79 Å². The van der Waals surface area contributed by atoms with E-state index in [9.17, 15) is 20.1 Å². The highest BCUT2D eigenvalue weighted by Gasteiger charge is 2.52. The van der Waals surface area contributed by atoms with Crippen LogP contribution in [0.25, 0.3) is 0 Å². The zero-order chi connectivity index (χ0) is 34.4. The van der Waals surface area contributed by atoms with Crippen molar-refractivity contribution in [3.8, 4) is 0 Å². The quantitative estimate of drug-likeness (QED) is 0.149. The van der Waals surface area contributed by atoms with Gasteiger partial charge < -0.3 is 25.4 Å². The number of nitrogens with one attached hydrogen (secondary N) is 1. The van der Waals surface area contributed by atoms with Crippen molar-refractivity contribution in [2.45, 2.75) is 209 Å². The van der Waals surface area contributed by atoms with Gasteiger partial charge >= 0.3 is 0 Å². The van der Waals surface area contributed by atoms with E-state index in [4.69, 9.17) is 4.74 Å². The standard InChI is InChI=1S/C9H14O.2C9H16O.C8H15NO.C8H12O.H3P/c1-2-8-3-7(1)4-9(5-8)6-10-9;2*1-9(10)5-7-2-3-8(4-7)6-9;1-8(10)4-6-2-3-7(5-8)9-6;9-8-4-6-1-2-7(3-6)5-8;/h7-8H,1-6H2;2*7-8,10H,2-6H2,1H3;6-7,9-10H,2-5H2,1H3;6-7H,1-5H2;1H3. The van der Waals surface area contributed by atoms with Crippen LogP contribution in [0.1, 0.15) is 175 Å². The van der Waals surface area contributed by atoms with E-state index >= 15 is 0 Å². The van der Waals surface area contributed by atoms with Crippen molar-refractivity contribution in [1.82, 2.24) is 5.32 Å². The van der Waals surface area contributed by atoms with Crippen molar-refractivity contribution in [1.29, 1.82) is 0 Å². The Labute approximate surface area is 308 Å². The minimum atomic E-state index is -0.378. The largest absolute Gasteiger partial charge is 0.390 e. The van der Waals surface area contributed by atoms with Crippen molar-refractivity contribution in [2.24, 2.45) is 47.3 Å². The molecule has 8 aliphatic carbocycles. The second kappa shape index (κ2) is 15.9. The van der Waals surface area contributed by atoms with Gasteiger partial charge in [0.05, 0.1) is 29.0 Å². The molecule has 0 aromatic rings. The van der Waals surface area contributed by atoms with E-state index in [1.54, 1.807) is 0 Å². The number of piperidine rings is 1.